The number of nitrogens with two attached hydrogens (primary N) is 1. The van der Waals surface area contributed by atoms with Gasteiger partial charge in [0.15, 0.2) is 0 Å². The third-order valence-corrected chi connectivity index (χ3v) is 3.60. The van der Waals surface area contributed by atoms with Crippen LogP contribution in [0.25, 0.3) is 0 Å². The van der Waals surface area contributed by atoms with Crippen LogP contribution in [0.4, 0.5) is 4.39 Å². The van der Waals surface area contributed by atoms with Crippen molar-refractivity contribution in [3.63, 3.8) is 0 Å². The molecule has 2 nitrogen and oxygen atoms in total. The first-order valence-corrected chi connectivity index (χ1v) is 7.18. The number of hydrogen-bond donors (Lipinski definition) is 1. The zero-order chi connectivity index (χ0) is 14.4. The first-order valence-electron chi connectivity index (χ1n) is 6.77. The first kappa shape index (κ1) is 16.1. The fraction of sp³-hybridized carbons (Fsp3) is 0.533. The van der Waals surface area contributed by atoms with Gasteiger partial charge in [0.25, 0.3) is 0 Å². The maximum absolute atomic E-state index is 13.5. The number of benzene rings is 1. The summed E-state index contributed by atoms with van der Waals surface area (Å²) in [4.78, 5) is 2.55. The van der Waals surface area contributed by atoms with E-state index in [1.807, 2.05) is 6.07 Å². The number of halogens is 1. The smallest absolute Gasteiger partial charge is 0.124 e. The van der Waals surface area contributed by atoms with Gasteiger partial charge in [0.1, 0.15) is 10.8 Å². The molecule has 1 atom stereocenters. The molecule has 0 saturated heterocycles. The second-order valence-corrected chi connectivity index (χ2v) is 5.49. The van der Waals surface area contributed by atoms with Gasteiger partial charge in [-0.15, -0.1) is 0 Å². The van der Waals surface area contributed by atoms with Crippen LogP contribution in [0, 0.1) is 11.7 Å². The lowest BCUT2D eigenvalue weighted by molar-refractivity contribution is 0.238. The molecule has 0 bridgehead atoms. The highest BCUT2D eigenvalue weighted by Crippen LogP contribution is 2.13. The molecule has 1 aromatic carbocycles. The van der Waals surface area contributed by atoms with E-state index in [1.54, 1.807) is 6.07 Å². The molecule has 0 aliphatic heterocycles. The summed E-state index contributed by atoms with van der Waals surface area (Å²) in [5.74, 6) is 0.364. The highest BCUT2D eigenvalue weighted by atomic mass is 32.1. The van der Waals surface area contributed by atoms with E-state index >= 15 is 0 Å². The molecule has 0 heterocycles. The summed E-state index contributed by atoms with van der Waals surface area (Å²) < 4.78 is 13.5. The van der Waals surface area contributed by atoms with Crippen LogP contribution >= 0.6 is 12.2 Å². The van der Waals surface area contributed by atoms with Crippen LogP contribution in [0.3, 0.4) is 0 Å². The lowest BCUT2D eigenvalue weighted by Gasteiger charge is -2.24. The number of nitrogens with zero attached hydrogens (tertiary/aromatic N) is 1. The minimum absolute atomic E-state index is 0.241. The van der Waals surface area contributed by atoms with Crippen molar-refractivity contribution in [1.29, 1.82) is 0 Å². The van der Waals surface area contributed by atoms with Crippen molar-refractivity contribution < 1.29 is 4.39 Å². The second kappa shape index (κ2) is 7.56. The molecular formula is C15H23FN2S. The maximum atomic E-state index is 13.5. The fourth-order valence-corrected chi connectivity index (χ4v) is 2.14. The molecule has 0 amide bonds. The van der Waals surface area contributed by atoms with Crippen LogP contribution in [0.1, 0.15) is 38.3 Å². The topological polar surface area (TPSA) is 29.3 Å². The molecule has 1 rings (SSSR count). The Morgan fingerprint density at radius 2 is 2.05 bits per heavy atom. The molecule has 0 aromatic heterocycles. The predicted molar refractivity (Wildman–Crippen MR) is 82.7 cm³/mol. The summed E-state index contributed by atoms with van der Waals surface area (Å²) in [6.45, 7) is 9.24. The Bertz CT molecular complexity index is 434. The molecule has 106 valence electrons. The maximum Gasteiger partial charge on any atom is 0.124 e. The molecule has 0 aliphatic carbocycles. The predicted octanol–water partition coefficient (Wildman–Crippen LogP) is 3.33. The van der Waals surface area contributed by atoms with E-state index in [0.717, 1.165) is 31.6 Å². The highest BCUT2D eigenvalue weighted by Gasteiger charge is 2.10. The van der Waals surface area contributed by atoms with Crippen molar-refractivity contribution in [3.8, 4) is 0 Å². The van der Waals surface area contributed by atoms with E-state index in [-0.39, 0.29) is 10.8 Å². The molecule has 19 heavy (non-hydrogen) atoms. The Labute approximate surface area is 120 Å². The highest BCUT2D eigenvalue weighted by molar-refractivity contribution is 7.80. The molecule has 1 aromatic rings. The lowest BCUT2D eigenvalue weighted by atomic mass is 10.1. The molecule has 0 spiro atoms. The molecule has 0 radical (unpaired) electrons. The van der Waals surface area contributed by atoms with Gasteiger partial charge in [-0.2, -0.15) is 0 Å². The summed E-state index contributed by atoms with van der Waals surface area (Å²) in [6, 6.07) is 4.82. The average molecular weight is 282 g/mol. The second-order valence-electron chi connectivity index (χ2n) is 5.05. The summed E-state index contributed by atoms with van der Waals surface area (Å²) in [7, 11) is 0. The largest absolute Gasteiger partial charge is 0.389 e. The number of rotatable bonds is 7. The van der Waals surface area contributed by atoms with E-state index in [1.165, 1.54) is 6.07 Å². The van der Waals surface area contributed by atoms with Gasteiger partial charge in [0.05, 0.1) is 0 Å². The van der Waals surface area contributed by atoms with E-state index in [4.69, 9.17) is 18.0 Å². The van der Waals surface area contributed by atoms with E-state index < -0.39 is 0 Å². The minimum Gasteiger partial charge on any atom is -0.389 e. The quantitative estimate of drug-likeness (QED) is 0.778. The van der Waals surface area contributed by atoms with Gasteiger partial charge in [-0.25, -0.2) is 4.39 Å². The van der Waals surface area contributed by atoms with Crippen LogP contribution in [0.5, 0.6) is 0 Å². The summed E-state index contributed by atoms with van der Waals surface area (Å²) in [6.07, 6.45) is 1.15. The lowest BCUT2D eigenvalue weighted by Crippen LogP contribution is -2.28. The van der Waals surface area contributed by atoms with Crippen molar-refractivity contribution in [2.24, 2.45) is 11.7 Å². The van der Waals surface area contributed by atoms with Gasteiger partial charge in [0.2, 0.25) is 0 Å². The van der Waals surface area contributed by atoms with Gasteiger partial charge in [-0.1, -0.05) is 39.4 Å². The van der Waals surface area contributed by atoms with Crippen molar-refractivity contribution >= 4 is 17.2 Å². The Hall–Kier alpha value is -1.00. The molecule has 0 fully saturated rings. The van der Waals surface area contributed by atoms with Crippen molar-refractivity contribution in [3.05, 3.63) is 35.1 Å². The van der Waals surface area contributed by atoms with Gasteiger partial charge in [-0.05, 0) is 36.2 Å². The molecule has 4 heteroatoms. The van der Waals surface area contributed by atoms with Crippen molar-refractivity contribution in [2.75, 3.05) is 13.1 Å². The molecule has 0 saturated carbocycles. The van der Waals surface area contributed by atoms with Gasteiger partial charge in [-0.3, -0.25) is 4.90 Å². The fourth-order valence-electron chi connectivity index (χ4n) is 2.02. The monoisotopic (exact) mass is 282 g/mol. The Balaban J connectivity index is 2.82. The molecular weight excluding hydrogens is 259 g/mol. The molecule has 0 aliphatic rings. The van der Waals surface area contributed by atoms with Crippen LogP contribution < -0.4 is 5.73 Å². The van der Waals surface area contributed by atoms with Gasteiger partial charge >= 0.3 is 0 Å². The van der Waals surface area contributed by atoms with Crippen LogP contribution in [-0.4, -0.2) is 23.0 Å². The summed E-state index contributed by atoms with van der Waals surface area (Å²) >= 11 is 4.91. The minimum atomic E-state index is -0.278. The Morgan fingerprint density at radius 3 is 2.58 bits per heavy atom. The van der Waals surface area contributed by atoms with Crippen molar-refractivity contribution in [1.82, 2.24) is 4.90 Å². The van der Waals surface area contributed by atoms with E-state index in [2.05, 4.69) is 25.7 Å². The third kappa shape index (κ3) is 5.25. The molecule has 1 unspecified atom stereocenters. The standard InChI is InChI=1S/C15H23FN2S/c1-4-11(3)9-18(5-2)10-12-6-13(15(17)19)8-14(16)7-12/h6-8,11H,4-5,9-10H2,1-3H3,(H2,17,19). The summed E-state index contributed by atoms with van der Waals surface area (Å²) in [5.41, 5.74) is 7.09. The van der Waals surface area contributed by atoms with Gasteiger partial charge in [0, 0.05) is 18.7 Å². The number of hydrogen-bond acceptors (Lipinski definition) is 2. The van der Waals surface area contributed by atoms with Gasteiger partial charge < -0.3 is 5.73 Å². The van der Waals surface area contributed by atoms with E-state index in [9.17, 15) is 4.39 Å². The zero-order valence-corrected chi connectivity index (χ0v) is 12.8. The van der Waals surface area contributed by atoms with Crippen LogP contribution in [-0.2, 0) is 6.54 Å². The van der Waals surface area contributed by atoms with Crippen LogP contribution in [0.15, 0.2) is 18.2 Å². The Kier molecular flexibility index (Phi) is 6.38. The zero-order valence-electron chi connectivity index (χ0n) is 11.9. The van der Waals surface area contributed by atoms with Crippen molar-refractivity contribution in [2.45, 2.75) is 33.7 Å². The normalized spacial score (nSPS) is 12.7. The molecule has 2 N–H and O–H groups in total. The first-order chi connectivity index (χ1) is 8.96. The SMILES string of the molecule is CCC(C)CN(CC)Cc1cc(F)cc(C(N)=S)c1. The Morgan fingerprint density at radius 1 is 1.37 bits per heavy atom. The summed E-state index contributed by atoms with van der Waals surface area (Å²) in [5, 5.41) is 0. The third-order valence-electron chi connectivity index (χ3n) is 3.36. The number of thiocarbonyl (C=S) groups is 1. The van der Waals surface area contributed by atoms with E-state index in [0.29, 0.717) is 11.5 Å². The van der Waals surface area contributed by atoms with Crippen LogP contribution in [0.2, 0.25) is 0 Å². The average Bonchev–Trinajstić information content (AvgIpc) is 2.36.